The molecule has 0 fully saturated rings. The molecule has 1 heterocycles. The minimum absolute atomic E-state index is 0.139. The van der Waals surface area contributed by atoms with E-state index in [-0.39, 0.29) is 12.3 Å². The third-order valence-corrected chi connectivity index (χ3v) is 3.25. The molecule has 0 aliphatic carbocycles. The van der Waals surface area contributed by atoms with E-state index in [0.717, 1.165) is 16.5 Å². The zero-order valence-corrected chi connectivity index (χ0v) is 11.9. The van der Waals surface area contributed by atoms with Crippen molar-refractivity contribution in [2.45, 2.75) is 13.3 Å². The summed E-state index contributed by atoms with van der Waals surface area (Å²) in [5.41, 5.74) is 1.99. The predicted molar refractivity (Wildman–Crippen MR) is 75.6 cm³/mol. The van der Waals surface area contributed by atoms with Crippen molar-refractivity contribution in [1.82, 2.24) is 9.78 Å². The van der Waals surface area contributed by atoms with Crippen LogP contribution in [-0.2, 0) is 16.6 Å². The Labute approximate surface area is 116 Å². The van der Waals surface area contributed by atoms with Gasteiger partial charge >= 0.3 is 0 Å². The van der Waals surface area contributed by atoms with Crippen LogP contribution in [0.15, 0.2) is 12.1 Å². The molecule has 0 atom stereocenters. The number of nitrogens with one attached hydrogen (secondary N) is 1. The molecule has 1 aromatic heterocycles. The van der Waals surface area contributed by atoms with Gasteiger partial charge in [-0.3, -0.25) is 9.48 Å². The molecule has 0 aliphatic heterocycles. The van der Waals surface area contributed by atoms with Gasteiger partial charge in [0.25, 0.3) is 0 Å². The number of carbonyl (C=O) groups excluding carboxylic acids is 1. The minimum Gasteiger partial charge on any atom is -0.384 e. The lowest BCUT2D eigenvalue weighted by molar-refractivity contribution is -0.117. The zero-order chi connectivity index (χ0) is 14.0. The van der Waals surface area contributed by atoms with E-state index in [2.05, 4.69) is 10.4 Å². The summed E-state index contributed by atoms with van der Waals surface area (Å²) < 4.78 is 6.60. The van der Waals surface area contributed by atoms with Crippen LogP contribution in [0.3, 0.4) is 0 Å². The van der Waals surface area contributed by atoms with Gasteiger partial charge in [-0.2, -0.15) is 5.10 Å². The molecular weight excluding hydrogens is 266 g/mol. The van der Waals surface area contributed by atoms with Crippen LogP contribution in [-0.4, -0.2) is 29.4 Å². The smallest absolute Gasteiger partial charge is 0.227 e. The van der Waals surface area contributed by atoms with E-state index in [4.69, 9.17) is 16.3 Å². The second kappa shape index (κ2) is 5.59. The summed E-state index contributed by atoms with van der Waals surface area (Å²) in [4.78, 5) is 11.7. The lowest BCUT2D eigenvalue weighted by Crippen LogP contribution is -2.14. The number of rotatable bonds is 4. The highest BCUT2D eigenvalue weighted by atomic mass is 35.5. The van der Waals surface area contributed by atoms with Crippen molar-refractivity contribution >= 4 is 34.2 Å². The summed E-state index contributed by atoms with van der Waals surface area (Å²) in [6, 6.07) is 3.74. The molecule has 0 aliphatic rings. The molecule has 0 bridgehead atoms. The van der Waals surface area contributed by atoms with E-state index in [0.29, 0.717) is 17.4 Å². The molecule has 1 N–H and O–H groups in total. The van der Waals surface area contributed by atoms with E-state index in [1.165, 1.54) is 0 Å². The Bertz CT molecular complexity index is 622. The summed E-state index contributed by atoms with van der Waals surface area (Å²) in [5.74, 6) is 0.353. The number of carbonyl (C=O) groups is 1. The fourth-order valence-corrected chi connectivity index (χ4v) is 2.28. The molecule has 5 nitrogen and oxygen atoms in total. The lowest BCUT2D eigenvalue weighted by atomic mass is 10.1. The van der Waals surface area contributed by atoms with Crippen LogP contribution in [0, 0.1) is 6.92 Å². The van der Waals surface area contributed by atoms with Crippen molar-refractivity contribution in [3.05, 3.63) is 22.7 Å². The minimum atomic E-state index is -0.139. The zero-order valence-electron chi connectivity index (χ0n) is 11.2. The van der Waals surface area contributed by atoms with Crippen molar-refractivity contribution in [3.8, 4) is 0 Å². The van der Waals surface area contributed by atoms with E-state index in [9.17, 15) is 4.79 Å². The number of fused-ring (bicyclic) bond motifs is 1. The highest BCUT2D eigenvalue weighted by Gasteiger charge is 2.15. The summed E-state index contributed by atoms with van der Waals surface area (Å²) in [6.07, 6.45) is 0.290. The van der Waals surface area contributed by atoms with Gasteiger partial charge in [-0.05, 0) is 18.6 Å². The fraction of sp³-hybridized carbons (Fsp3) is 0.385. The summed E-state index contributed by atoms with van der Waals surface area (Å²) in [6.45, 7) is 2.36. The molecule has 6 heteroatoms. The van der Waals surface area contributed by atoms with Gasteiger partial charge in [0.05, 0.1) is 29.0 Å². The van der Waals surface area contributed by atoms with Crippen LogP contribution >= 0.6 is 11.6 Å². The van der Waals surface area contributed by atoms with E-state index < -0.39 is 0 Å². The number of amides is 1. The first kappa shape index (κ1) is 13.8. The van der Waals surface area contributed by atoms with Crippen LogP contribution in [0.1, 0.15) is 12.0 Å². The first-order valence-electron chi connectivity index (χ1n) is 5.95. The molecule has 2 aromatic rings. The number of hydrogen-bond donors (Lipinski definition) is 1. The normalized spacial score (nSPS) is 10.9. The monoisotopic (exact) mass is 281 g/mol. The van der Waals surface area contributed by atoms with Gasteiger partial charge in [0, 0.05) is 14.2 Å². The molecule has 0 spiro atoms. The molecule has 0 saturated heterocycles. The lowest BCUT2D eigenvalue weighted by Gasteiger charge is -2.03. The Balaban J connectivity index is 2.39. The highest BCUT2D eigenvalue weighted by molar-refractivity contribution is 6.36. The van der Waals surface area contributed by atoms with E-state index >= 15 is 0 Å². The highest BCUT2D eigenvalue weighted by Crippen LogP contribution is 2.31. The molecule has 102 valence electrons. The van der Waals surface area contributed by atoms with Gasteiger partial charge < -0.3 is 10.1 Å². The Morgan fingerprint density at radius 1 is 1.53 bits per heavy atom. The number of anilines is 1. The number of aryl methyl sites for hydroxylation is 2. The predicted octanol–water partition coefficient (Wildman–Crippen LogP) is 2.51. The van der Waals surface area contributed by atoms with Crippen molar-refractivity contribution < 1.29 is 9.53 Å². The van der Waals surface area contributed by atoms with Crippen LogP contribution in [0.25, 0.3) is 10.9 Å². The number of halogens is 1. The van der Waals surface area contributed by atoms with E-state index in [1.54, 1.807) is 11.8 Å². The van der Waals surface area contributed by atoms with E-state index in [1.807, 2.05) is 26.1 Å². The largest absolute Gasteiger partial charge is 0.384 e. The third-order valence-electron chi connectivity index (χ3n) is 2.93. The van der Waals surface area contributed by atoms with Crippen LogP contribution < -0.4 is 5.32 Å². The maximum atomic E-state index is 11.7. The second-order valence-corrected chi connectivity index (χ2v) is 4.76. The fourth-order valence-electron chi connectivity index (χ4n) is 2.04. The summed E-state index contributed by atoms with van der Waals surface area (Å²) in [5, 5.41) is 8.44. The molecule has 1 aromatic carbocycles. The van der Waals surface area contributed by atoms with Gasteiger partial charge in [0.1, 0.15) is 0 Å². The van der Waals surface area contributed by atoms with Crippen molar-refractivity contribution in [2.24, 2.45) is 7.05 Å². The third kappa shape index (κ3) is 2.72. The number of methoxy groups -OCH3 is 1. The number of benzene rings is 1. The van der Waals surface area contributed by atoms with Gasteiger partial charge in [0.15, 0.2) is 5.82 Å². The van der Waals surface area contributed by atoms with Gasteiger partial charge in [-0.25, -0.2) is 0 Å². The molecule has 0 radical (unpaired) electrons. The van der Waals surface area contributed by atoms with Gasteiger partial charge in [-0.1, -0.05) is 17.7 Å². The average Bonchev–Trinajstić information content (AvgIpc) is 2.69. The maximum absolute atomic E-state index is 11.7. The molecule has 0 unspecified atom stereocenters. The summed E-state index contributed by atoms with van der Waals surface area (Å²) in [7, 11) is 3.39. The SMILES string of the molecule is COCCC(=O)Nc1nn(C)c2c(C)ccc(Cl)c12. The first-order chi connectivity index (χ1) is 9.04. The van der Waals surface area contributed by atoms with Crippen LogP contribution in [0.2, 0.25) is 5.02 Å². The number of aromatic nitrogens is 2. The number of nitrogens with zero attached hydrogens (tertiary/aromatic N) is 2. The van der Waals surface area contributed by atoms with Crippen molar-refractivity contribution in [1.29, 1.82) is 0 Å². The van der Waals surface area contributed by atoms with Crippen LogP contribution in [0.5, 0.6) is 0 Å². The number of hydrogen-bond acceptors (Lipinski definition) is 3. The number of ether oxygens (including phenoxy) is 1. The molecule has 0 saturated carbocycles. The Morgan fingerprint density at radius 2 is 2.26 bits per heavy atom. The van der Waals surface area contributed by atoms with Gasteiger partial charge in [0.2, 0.25) is 5.91 Å². The summed E-state index contributed by atoms with van der Waals surface area (Å²) >= 11 is 6.21. The first-order valence-corrected chi connectivity index (χ1v) is 6.33. The molecule has 2 rings (SSSR count). The second-order valence-electron chi connectivity index (χ2n) is 4.35. The van der Waals surface area contributed by atoms with Crippen molar-refractivity contribution in [2.75, 3.05) is 19.0 Å². The molecular formula is C13H16ClN3O2. The Hall–Kier alpha value is -1.59. The topological polar surface area (TPSA) is 56.1 Å². The Morgan fingerprint density at radius 3 is 2.95 bits per heavy atom. The maximum Gasteiger partial charge on any atom is 0.227 e. The van der Waals surface area contributed by atoms with Crippen molar-refractivity contribution in [3.63, 3.8) is 0 Å². The quantitative estimate of drug-likeness (QED) is 0.937. The Kier molecular flexibility index (Phi) is 4.07. The standard InChI is InChI=1S/C13H16ClN3O2/c1-8-4-5-9(14)11-12(8)17(2)16-13(11)15-10(18)6-7-19-3/h4-5H,6-7H2,1-3H3,(H,15,16,18). The molecule has 19 heavy (non-hydrogen) atoms. The molecule has 1 amide bonds. The average molecular weight is 282 g/mol. The van der Waals surface area contributed by atoms with Gasteiger partial charge in [-0.15, -0.1) is 0 Å². The van der Waals surface area contributed by atoms with Crippen LogP contribution in [0.4, 0.5) is 5.82 Å².